The Morgan fingerprint density at radius 1 is 1.37 bits per heavy atom. The van der Waals surface area contributed by atoms with Gasteiger partial charge in [0.05, 0.1) is 6.54 Å². The van der Waals surface area contributed by atoms with Gasteiger partial charge in [0, 0.05) is 20.1 Å². The molecule has 1 aromatic rings. The van der Waals surface area contributed by atoms with E-state index in [1.807, 2.05) is 30.1 Å². The summed E-state index contributed by atoms with van der Waals surface area (Å²) in [6.07, 6.45) is 2.52. The lowest BCUT2D eigenvalue weighted by Gasteiger charge is -2.31. The Morgan fingerprint density at radius 2 is 2.11 bits per heavy atom. The van der Waals surface area contributed by atoms with E-state index in [4.69, 9.17) is 0 Å². The SMILES string of the molecule is CC1CCCN(CC(=O)N(C)Cc2ccccc2)C1. The van der Waals surface area contributed by atoms with Crippen molar-refractivity contribution in [2.24, 2.45) is 5.92 Å². The van der Waals surface area contributed by atoms with Crippen LogP contribution in [0.15, 0.2) is 30.3 Å². The van der Waals surface area contributed by atoms with Crippen LogP contribution >= 0.6 is 0 Å². The highest BCUT2D eigenvalue weighted by atomic mass is 16.2. The number of hydrogen-bond donors (Lipinski definition) is 0. The van der Waals surface area contributed by atoms with Crippen LogP contribution < -0.4 is 0 Å². The van der Waals surface area contributed by atoms with Gasteiger partial charge in [0.25, 0.3) is 0 Å². The van der Waals surface area contributed by atoms with E-state index >= 15 is 0 Å². The number of benzene rings is 1. The molecule has 104 valence electrons. The number of hydrogen-bond acceptors (Lipinski definition) is 2. The maximum atomic E-state index is 12.2. The lowest BCUT2D eigenvalue weighted by molar-refractivity contribution is -0.132. The third-order valence-corrected chi connectivity index (χ3v) is 3.79. The third-order valence-electron chi connectivity index (χ3n) is 3.79. The fourth-order valence-corrected chi connectivity index (χ4v) is 2.69. The first-order valence-corrected chi connectivity index (χ1v) is 7.15. The van der Waals surface area contributed by atoms with Gasteiger partial charge in [-0.25, -0.2) is 0 Å². The van der Waals surface area contributed by atoms with Gasteiger partial charge >= 0.3 is 0 Å². The van der Waals surface area contributed by atoms with Gasteiger partial charge in [0.1, 0.15) is 0 Å². The van der Waals surface area contributed by atoms with Gasteiger partial charge in [-0.05, 0) is 30.9 Å². The molecule has 2 rings (SSSR count). The zero-order valence-corrected chi connectivity index (χ0v) is 12.0. The van der Waals surface area contributed by atoms with E-state index < -0.39 is 0 Å². The molecule has 1 aromatic carbocycles. The standard InChI is InChI=1S/C16H24N2O/c1-14-7-6-10-18(11-14)13-16(19)17(2)12-15-8-4-3-5-9-15/h3-5,8-9,14H,6-7,10-13H2,1-2H3. The number of piperidine rings is 1. The zero-order chi connectivity index (χ0) is 13.7. The van der Waals surface area contributed by atoms with Crippen molar-refractivity contribution in [3.05, 3.63) is 35.9 Å². The number of likely N-dealkylation sites (tertiary alicyclic amines) is 1. The molecule has 0 N–H and O–H groups in total. The van der Waals surface area contributed by atoms with Crippen LogP contribution in [-0.2, 0) is 11.3 Å². The second-order valence-electron chi connectivity index (χ2n) is 5.72. The normalized spacial score (nSPS) is 20.2. The molecule has 3 heteroatoms. The molecule has 19 heavy (non-hydrogen) atoms. The topological polar surface area (TPSA) is 23.6 Å². The predicted octanol–water partition coefficient (Wildman–Crippen LogP) is 2.38. The number of likely N-dealkylation sites (N-methyl/N-ethyl adjacent to an activating group) is 1. The van der Waals surface area contributed by atoms with Crippen LogP contribution in [0.3, 0.4) is 0 Å². The molecule has 1 aliphatic rings. The van der Waals surface area contributed by atoms with Crippen molar-refractivity contribution in [2.75, 3.05) is 26.7 Å². The molecular weight excluding hydrogens is 236 g/mol. The van der Waals surface area contributed by atoms with E-state index in [1.165, 1.54) is 18.4 Å². The van der Waals surface area contributed by atoms with E-state index in [2.05, 4.69) is 24.0 Å². The van der Waals surface area contributed by atoms with E-state index in [0.717, 1.165) is 19.0 Å². The van der Waals surface area contributed by atoms with Crippen molar-refractivity contribution in [1.29, 1.82) is 0 Å². The number of nitrogens with zero attached hydrogens (tertiary/aromatic N) is 2. The van der Waals surface area contributed by atoms with Crippen LogP contribution in [0, 0.1) is 5.92 Å². The Labute approximate surface area is 116 Å². The smallest absolute Gasteiger partial charge is 0.236 e. The Balaban J connectivity index is 1.82. The summed E-state index contributed by atoms with van der Waals surface area (Å²) in [6.45, 7) is 5.65. The van der Waals surface area contributed by atoms with E-state index in [-0.39, 0.29) is 5.91 Å². The second kappa shape index (κ2) is 6.71. The molecule has 1 amide bonds. The largest absolute Gasteiger partial charge is 0.340 e. The number of carbonyl (C=O) groups excluding carboxylic acids is 1. The predicted molar refractivity (Wildman–Crippen MR) is 77.8 cm³/mol. The van der Waals surface area contributed by atoms with Crippen LogP contribution in [0.5, 0.6) is 0 Å². The summed E-state index contributed by atoms with van der Waals surface area (Å²) in [5.74, 6) is 0.943. The fraction of sp³-hybridized carbons (Fsp3) is 0.562. The Bertz CT molecular complexity index is 404. The monoisotopic (exact) mass is 260 g/mol. The summed E-state index contributed by atoms with van der Waals surface area (Å²) in [5.41, 5.74) is 1.19. The summed E-state index contributed by atoms with van der Waals surface area (Å²) in [7, 11) is 1.89. The van der Waals surface area contributed by atoms with Crippen molar-refractivity contribution < 1.29 is 4.79 Å². The lowest BCUT2D eigenvalue weighted by atomic mass is 10.0. The van der Waals surface area contributed by atoms with Gasteiger partial charge in [-0.2, -0.15) is 0 Å². The van der Waals surface area contributed by atoms with Crippen LogP contribution in [0.1, 0.15) is 25.3 Å². The van der Waals surface area contributed by atoms with Crippen LogP contribution in [-0.4, -0.2) is 42.4 Å². The van der Waals surface area contributed by atoms with Crippen molar-refractivity contribution in [1.82, 2.24) is 9.80 Å². The van der Waals surface area contributed by atoms with Gasteiger partial charge < -0.3 is 4.90 Å². The van der Waals surface area contributed by atoms with Crippen molar-refractivity contribution in [3.8, 4) is 0 Å². The first kappa shape index (κ1) is 14.1. The molecule has 0 saturated carbocycles. The Kier molecular flexibility index (Phi) is 4.97. The Morgan fingerprint density at radius 3 is 2.79 bits per heavy atom. The fourth-order valence-electron chi connectivity index (χ4n) is 2.69. The molecule has 1 atom stereocenters. The molecule has 1 aliphatic heterocycles. The molecule has 1 unspecified atom stereocenters. The minimum absolute atomic E-state index is 0.220. The average Bonchev–Trinajstić information content (AvgIpc) is 2.40. The van der Waals surface area contributed by atoms with Gasteiger partial charge in [0.15, 0.2) is 0 Å². The highest BCUT2D eigenvalue weighted by molar-refractivity contribution is 5.78. The van der Waals surface area contributed by atoms with E-state index in [9.17, 15) is 4.79 Å². The van der Waals surface area contributed by atoms with Gasteiger partial charge in [-0.15, -0.1) is 0 Å². The summed E-state index contributed by atoms with van der Waals surface area (Å²) in [4.78, 5) is 16.3. The molecule has 1 fully saturated rings. The molecule has 0 aliphatic carbocycles. The van der Waals surface area contributed by atoms with Gasteiger partial charge in [0.2, 0.25) is 5.91 Å². The molecular formula is C16H24N2O. The summed E-state index contributed by atoms with van der Waals surface area (Å²) in [6, 6.07) is 10.2. The third kappa shape index (κ3) is 4.35. The Hall–Kier alpha value is -1.35. The highest BCUT2D eigenvalue weighted by Gasteiger charge is 2.20. The quantitative estimate of drug-likeness (QED) is 0.830. The molecule has 1 heterocycles. The molecule has 1 saturated heterocycles. The minimum Gasteiger partial charge on any atom is -0.340 e. The first-order chi connectivity index (χ1) is 9.15. The van der Waals surface area contributed by atoms with Crippen LogP contribution in [0.4, 0.5) is 0 Å². The number of amides is 1. The maximum Gasteiger partial charge on any atom is 0.236 e. The van der Waals surface area contributed by atoms with Crippen molar-refractivity contribution in [2.45, 2.75) is 26.3 Å². The second-order valence-corrected chi connectivity index (χ2v) is 5.72. The minimum atomic E-state index is 0.220. The van der Waals surface area contributed by atoms with Crippen molar-refractivity contribution >= 4 is 5.91 Å². The molecule has 0 aromatic heterocycles. The molecule has 0 spiro atoms. The van der Waals surface area contributed by atoms with Gasteiger partial charge in [-0.3, -0.25) is 9.69 Å². The molecule has 0 radical (unpaired) electrons. The summed E-state index contributed by atoms with van der Waals surface area (Å²) < 4.78 is 0. The van der Waals surface area contributed by atoms with E-state index in [0.29, 0.717) is 13.1 Å². The highest BCUT2D eigenvalue weighted by Crippen LogP contribution is 2.15. The van der Waals surface area contributed by atoms with Gasteiger partial charge in [-0.1, -0.05) is 37.3 Å². The summed E-state index contributed by atoms with van der Waals surface area (Å²) in [5, 5.41) is 0. The van der Waals surface area contributed by atoms with Crippen molar-refractivity contribution in [3.63, 3.8) is 0 Å². The van der Waals surface area contributed by atoms with E-state index in [1.54, 1.807) is 0 Å². The lowest BCUT2D eigenvalue weighted by Crippen LogP contribution is -2.42. The number of carbonyl (C=O) groups is 1. The molecule has 0 bridgehead atoms. The number of rotatable bonds is 4. The molecule has 3 nitrogen and oxygen atoms in total. The average molecular weight is 260 g/mol. The first-order valence-electron chi connectivity index (χ1n) is 7.15. The maximum absolute atomic E-state index is 12.2. The van der Waals surface area contributed by atoms with Crippen LogP contribution in [0.2, 0.25) is 0 Å². The van der Waals surface area contributed by atoms with Crippen LogP contribution in [0.25, 0.3) is 0 Å². The summed E-state index contributed by atoms with van der Waals surface area (Å²) >= 11 is 0. The zero-order valence-electron chi connectivity index (χ0n) is 12.0.